The zero-order chi connectivity index (χ0) is 19.3. The molecule has 1 aliphatic heterocycles. The molecule has 144 valence electrons. The van der Waals surface area contributed by atoms with Gasteiger partial charge in [0.25, 0.3) is 0 Å². The highest BCUT2D eigenvalue weighted by atomic mass is 19.1. The molecule has 5 nitrogen and oxygen atoms in total. The van der Waals surface area contributed by atoms with Crippen LogP contribution in [0.3, 0.4) is 0 Å². The number of likely N-dealkylation sites (tertiary alicyclic amines) is 1. The fourth-order valence-electron chi connectivity index (χ4n) is 3.86. The van der Waals surface area contributed by atoms with Crippen molar-refractivity contribution in [3.63, 3.8) is 0 Å². The Hall–Kier alpha value is -3.02. The molecule has 4 rings (SSSR count). The Morgan fingerprint density at radius 3 is 2.86 bits per heavy atom. The number of hydrogen-bond acceptors (Lipinski definition) is 3. The molecule has 1 amide bonds. The van der Waals surface area contributed by atoms with Crippen molar-refractivity contribution in [1.29, 1.82) is 0 Å². The minimum Gasteiger partial charge on any atom is -0.342 e. The highest BCUT2D eigenvalue weighted by Gasteiger charge is 2.27. The van der Waals surface area contributed by atoms with Crippen LogP contribution in [0.15, 0.2) is 55.0 Å². The van der Waals surface area contributed by atoms with Crippen molar-refractivity contribution in [1.82, 2.24) is 20.1 Å². The first-order valence-corrected chi connectivity index (χ1v) is 9.66. The third-order valence-electron chi connectivity index (χ3n) is 5.36. The lowest BCUT2D eigenvalue weighted by Gasteiger charge is -2.33. The molecule has 1 aliphatic rings. The normalized spacial score (nSPS) is 16.9. The summed E-state index contributed by atoms with van der Waals surface area (Å²) in [6, 6.07) is 10.3. The van der Waals surface area contributed by atoms with Gasteiger partial charge >= 0.3 is 0 Å². The Morgan fingerprint density at radius 1 is 1.21 bits per heavy atom. The molecule has 1 fully saturated rings. The Bertz CT molecular complexity index is 923. The first-order chi connectivity index (χ1) is 13.7. The Labute approximate surface area is 163 Å². The van der Waals surface area contributed by atoms with Crippen LogP contribution in [0.2, 0.25) is 0 Å². The van der Waals surface area contributed by atoms with Gasteiger partial charge in [-0.2, -0.15) is 5.10 Å². The minimum absolute atomic E-state index is 0.177. The molecule has 0 spiro atoms. The van der Waals surface area contributed by atoms with Crippen LogP contribution in [0.5, 0.6) is 0 Å². The van der Waals surface area contributed by atoms with Crippen LogP contribution >= 0.6 is 0 Å². The average molecular weight is 378 g/mol. The SMILES string of the molecule is O=C(CCc1cccnc1)N1CCC[C@@H](c2[nH]ncc2-c2ccc(F)cc2)C1. The van der Waals surface area contributed by atoms with Gasteiger partial charge in [0.15, 0.2) is 0 Å². The number of carbonyl (C=O) groups excluding carboxylic acids is 1. The van der Waals surface area contributed by atoms with E-state index in [0.717, 1.165) is 41.8 Å². The van der Waals surface area contributed by atoms with Crippen LogP contribution in [0.1, 0.15) is 36.4 Å². The van der Waals surface area contributed by atoms with E-state index in [-0.39, 0.29) is 17.6 Å². The molecule has 0 radical (unpaired) electrons. The highest BCUT2D eigenvalue weighted by Crippen LogP contribution is 2.33. The Balaban J connectivity index is 1.43. The van der Waals surface area contributed by atoms with E-state index in [9.17, 15) is 9.18 Å². The molecule has 1 N–H and O–H groups in total. The lowest BCUT2D eigenvalue weighted by Crippen LogP contribution is -2.39. The predicted octanol–water partition coefficient (Wildman–Crippen LogP) is 3.95. The summed E-state index contributed by atoms with van der Waals surface area (Å²) in [6.45, 7) is 1.48. The van der Waals surface area contributed by atoms with E-state index in [0.29, 0.717) is 19.4 Å². The summed E-state index contributed by atoms with van der Waals surface area (Å²) >= 11 is 0. The van der Waals surface area contributed by atoms with Crippen molar-refractivity contribution in [2.45, 2.75) is 31.6 Å². The second kappa shape index (κ2) is 8.33. The number of aromatic nitrogens is 3. The van der Waals surface area contributed by atoms with Crippen LogP contribution in [-0.2, 0) is 11.2 Å². The number of aryl methyl sites for hydroxylation is 1. The lowest BCUT2D eigenvalue weighted by atomic mass is 9.90. The number of amides is 1. The Morgan fingerprint density at radius 2 is 2.07 bits per heavy atom. The van der Waals surface area contributed by atoms with Gasteiger partial charge in [0.1, 0.15) is 5.82 Å². The molecule has 3 heterocycles. The maximum atomic E-state index is 13.2. The summed E-state index contributed by atoms with van der Waals surface area (Å²) in [4.78, 5) is 18.8. The second-order valence-corrected chi connectivity index (χ2v) is 7.24. The molecule has 6 heteroatoms. The largest absolute Gasteiger partial charge is 0.342 e. The molecule has 0 saturated carbocycles. The zero-order valence-corrected chi connectivity index (χ0v) is 15.6. The van der Waals surface area contributed by atoms with Gasteiger partial charge in [-0.3, -0.25) is 14.9 Å². The van der Waals surface area contributed by atoms with E-state index in [4.69, 9.17) is 0 Å². The smallest absolute Gasteiger partial charge is 0.222 e. The van der Waals surface area contributed by atoms with Gasteiger partial charge in [-0.1, -0.05) is 18.2 Å². The van der Waals surface area contributed by atoms with Crippen molar-refractivity contribution < 1.29 is 9.18 Å². The minimum atomic E-state index is -0.253. The van der Waals surface area contributed by atoms with E-state index in [1.165, 1.54) is 12.1 Å². The van der Waals surface area contributed by atoms with E-state index in [1.807, 2.05) is 23.2 Å². The summed E-state index contributed by atoms with van der Waals surface area (Å²) < 4.78 is 13.2. The third-order valence-corrected chi connectivity index (χ3v) is 5.36. The number of piperidine rings is 1. The number of nitrogens with one attached hydrogen (secondary N) is 1. The number of rotatable bonds is 5. The monoisotopic (exact) mass is 378 g/mol. The van der Waals surface area contributed by atoms with Gasteiger partial charge in [0, 0.05) is 49.1 Å². The number of nitrogens with zero attached hydrogens (tertiary/aromatic N) is 3. The number of hydrogen-bond donors (Lipinski definition) is 1. The van der Waals surface area contributed by atoms with Gasteiger partial charge in [-0.15, -0.1) is 0 Å². The van der Waals surface area contributed by atoms with Crippen LogP contribution in [-0.4, -0.2) is 39.1 Å². The maximum absolute atomic E-state index is 13.2. The number of pyridine rings is 1. The molecular formula is C22H23FN4O. The number of benzene rings is 1. The van der Waals surface area contributed by atoms with Crippen LogP contribution in [0, 0.1) is 5.82 Å². The van der Waals surface area contributed by atoms with Crippen LogP contribution in [0.25, 0.3) is 11.1 Å². The topological polar surface area (TPSA) is 61.9 Å². The molecule has 1 aromatic carbocycles. The van der Waals surface area contributed by atoms with Crippen molar-refractivity contribution in [2.75, 3.05) is 13.1 Å². The number of halogens is 1. The summed E-state index contributed by atoms with van der Waals surface area (Å²) in [6.07, 6.45) is 8.50. The number of aromatic amines is 1. The van der Waals surface area contributed by atoms with E-state index in [2.05, 4.69) is 15.2 Å². The Kier molecular flexibility index (Phi) is 5.46. The fourth-order valence-corrected chi connectivity index (χ4v) is 3.86. The fraction of sp³-hybridized carbons (Fsp3) is 0.318. The highest BCUT2D eigenvalue weighted by molar-refractivity contribution is 5.76. The van der Waals surface area contributed by atoms with E-state index < -0.39 is 0 Å². The van der Waals surface area contributed by atoms with Crippen molar-refractivity contribution >= 4 is 5.91 Å². The molecule has 0 unspecified atom stereocenters. The second-order valence-electron chi connectivity index (χ2n) is 7.24. The quantitative estimate of drug-likeness (QED) is 0.731. The standard InChI is InChI=1S/C22H23FN4O/c23-19-8-6-17(7-9-19)20-14-25-26-22(20)18-4-2-12-27(15-18)21(28)10-5-16-3-1-11-24-13-16/h1,3,6-9,11,13-14,18H,2,4-5,10,12,15H2,(H,25,26)/t18-/m1/s1. The van der Waals surface area contributed by atoms with Crippen LogP contribution < -0.4 is 0 Å². The third kappa shape index (κ3) is 4.11. The molecular weight excluding hydrogens is 355 g/mol. The molecule has 28 heavy (non-hydrogen) atoms. The van der Waals surface area contributed by atoms with Crippen molar-refractivity contribution in [2.24, 2.45) is 0 Å². The molecule has 3 aromatic rings. The first-order valence-electron chi connectivity index (χ1n) is 9.66. The summed E-state index contributed by atoms with van der Waals surface area (Å²) in [7, 11) is 0. The number of H-pyrrole nitrogens is 1. The summed E-state index contributed by atoms with van der Waals surface area (Å²) in [5.74, 6) is 0.131. The molecule has 1 atom stereocenters. The van der Waals surface area contributed by atoms with Gasteiger partial charge < -0.3 is 4.90 Å². The molecule has 0 aliphatic carbocycles. The first kappa shape index (κ1) is 18.3. The zero-order valence-electron chi connectivity index (χ0n) is 15.6. The van der Waals surface area contributed by atoms with Crippen LogP contribution in [0.4, 0.5) is 4.39 Å². The molecule has 2 aromatic heterocycles. The lowest BCUT2D eigenvalue weighted by molar-refractivity contribution is -0.132. The maximum Gasteiger partial charge on any atom is 0.222 e. The van der Waals surface area contributed by atoms with Gasteiger partial charge in [-0.25, -0.2) is 4.39 Å². The average Bonchev–Trinajstić information content (AvgIpc) is 3.23. The van der Waals surface area contributed by atoms with Gasteiger partial charge in [0.2, 0.25) is 5.91 Å². The summed E-state index contributed by atoms with van der Waals surface area (Å²) in [5.41, 5.74) is 4.02. The number of carbonyl (C=O) groups is 1. The van der Waals surface area contributed by atoms with E-state index >= 15 is 0 Å². The predicted molar refractivity (Wildman–Crippen MR) is 105 cm³/mol. The molecule has 0 bridgehead atoms. The van der Waals surface area contributed by atoms with E-state index in [1.54, 1.807) is 24.5 Å². The van der Waals surface area contributed by atoms with Gasteiger partial charge in [-0.05, 0) is 48.6 Å². The molecule has 1 saturated heterocycles. The van der Waals surface area contributed by atoms with Crippen molar-refractivity contribution in [3.05, 3.63) is 72.1 Å². The summed E-state index contributed by atoms with van der Waals surface area (Å²) in [5, 5.41) is 7.33. The van der Waals surface area contributed by atoms with Gasteiger partial charge in [0.05, 0.1) is 6.20 Å². The van der Waals surface area contributed by atoms with Crippen molar-refractivity contribution in [3.8, 4) is 11.1 Å².